The van der Waals surface area contributed by atoms with Gasteiger partial charge in [-0.05, 0) is 49.7 Å². The molecule has 0 bridgehead atoms. The Balaban J connectivity index is 1.80. The Hall–Kier alpha value is -3.02. The number of hydrogen-bond donors (Lipinski definition) is 2. The third-order valence-electron chi connectivity index (χ3n) is 5.13. The van der Waals surface area contributed by atoms with Gasteiger partial charge in [-0.15, -0.1) is 0 Å². The lowest BCUT2D eigenvalue weighted by Gasteiger charge is -2.42. The lowest BCUT2D eigenvalue weighted by atomic mass is 10.1. The summed E-state index contributed by atoms with van der Waals surface area (Å²) in [7, 11) is 0. The van der Waals surface area contributed by atoms with E-state index in [1.54, 1.807) is 25.1 Å². The molecule has 1 heterocycles. The molecule has 2 aromatic carbocycles. The number of rotatable bonds is 5. The molecule has 1 saturated heterocycles. The highest BCUT2D eigenvalue weighted by molar-refractivity contribution is 5.98. The number of carboxylic acid groups (broad SMARTS) is 1. The van der Waals surface area contributed by atoms with Gasteiger partial charge in [0, 0.05) is 43.5 Å². The molecule has 28 heavy (non-hydrogen) atoms. The first-order valence-corrected chi connectivity index (χ1v) is 9.64. The van der Waals surface area contributed by atoms with Crippen LogP contribution in [0.3, 0.4) is 0 Å². The first-order valence-electron chi connectivity index (χ1n) is 9.64. The van der Waals surface area contributed by atoms with Crippen molar-refractivity contribution in [2.75, 3.05) is 34.8 Å². The number of nitrogens with one attached hydrogen (secondary N) is 1. The van der Waals surface area contributed by atoms with E-state index in [0.29, 0.717) is 17.8 Å². The minimum Gasteiger partial charge on any atom is -0.478 e. The van der Waals surface area contributed by atoms with E-state index in [4.69, 9.17) is 0 Å². The maximum atomic E-state index is 11.8. The standard InChI is InChI=1S/C22H27N3O3/c1-4-21(26)23-17-8-9-20(19(13-17)22(27)28)24-10-11-25(16(3)14-24)18-7-5-6-15(2)12-18/h5-9,12-13,16H,4,10-11,14H2,1-3H3,(H,23,26)(H,27,28). The van der Waals surface area contributed by atoms with Gasteiger partial charge in [0.2, 0.25) is 5.91 Å². The number of carbonyl (C=O) groups is 2. The number of aromatic carboxylic acids is 1. The van der Waals surface area contributed by atoms with Gasteiger partial charge in [0.05, 0.1) is 11.3 Å². The van der Waals surface area contributed by atoms with Gasteiger partial charge in [-0.1, -0.05) is 19.1 Å². The zero-order valence-electron chi connectivity index (χ0n) is 16.6. The van der Waals surface area contributed by atoms with Crippen LogP contribution in [0.25, 0.3) is 0 Å². The van der Waals surface area contributed by atoms with Crippen LogP contribution in [0.4, 0.5) is 17.1 Å². The number of nitrogens with zero attached hydrogens (tertiary/aromatic N) is 2. The average Bonchev–Trinajstić information content (AvgIpc) is 2.67. The third kappa shape index (κ3) is 4.27. The Morgan fingerprint density at radius 3 is 2.61 bits per heavy atom. The molecule has 2 N–H and O–H groups in total. The van der Waals surface area contributed by atoms with Crippen molar-refractivity contribution < 1.29 is 14.7 Å². The van der Waals surface area contributed by atoms with Crippen LogP contribution in [0, 0.1) is 6.92 Å². The molecule has 6 nitrogen and oxygen atoms in total. The summed E-state index contributed by atoms with van der Waals surface area (Å²) in [4.78, 5) is 27.9. The average molecular weight is 381 g/mol. The monoisotopic (exact) mass is 381 g/mol. The second kappa shape index (κ2) is 8.33. The number of benzene rings is 2. The second-order valence-electron chi connectivity index (χ2n) is 7.27. The van der Waals surface area contributed by atoms with Gasteiger partial charge in [0.1, 0.15) is 0 Å². The van der Waals surface area contributed by atoms with E-state index in [0.717, 1.165) is 19.6 Å². The minimum absolute atomic E-state index is 0.135. The number of hydrogen-bond acceptors (Lipinski definition) is 4. The van der Waals surface area contributed by atoms with Crippen LogP contribution < -0.4 is 15.1 Å². The second-order valence-corrected chi connectivity index (χ2v) is 7.27. The lowest BCUT2D eigenvalue weighted by molar-refractivity contribution is -0.115. The van der Waals surface area contributed by atoms with Crippen LogP contribution in [0.2, 0.25) is 0 Å². The van der Waals surface area contributed by atoms with Gasteiger partial charge in [0.25, 0.3) is 0 Å². The van der Waals surface area contributed by atoms with E-state index in [2.05, 4.69) is 53.2 Å². The third-order valence-corrected chi connectivity index (χ3v) is 5.13. The maximum absolute atomic E-state index is 11.8. The van der Waals surface area contributed by atoms with Crippen LogP contribution in [-0.2, 0) is 4.79 Å². The van der Waals surface area contributed by atoms with Crippen molar-refractivity contribution in [2.45, 2.75) is 33.2 Å². The van der Waals surface area contributed by atoms with E-state index < -0.39 is 5.97 Å². The predicted octanol–water partition coefficient (Wildman–Crippen LogP) is 3.76. The number of piperazine rings is 1. The molecule has 1 atom stereocenters. The van der Waals surface area contributed by atoms with Gasteiger partial charge in [-0.3, -0.25) is 4.79 Å². The number of amides is 1. The molecular formula is C22H27N3O3. The fourth-order valence-electron chi connectivity index (χ4n) is 3.68. The number of carbonyl (C=O) groups excluding carboxylic acids is 1. The van der Waals surface area contributed by atoms with Crippen LogP contribution in [0.1, 0.15) is 36.2 Å². The zero-order valence-corrected chi connectivity index (χ0v) is 16.6. The Morgan fingerprint density at radius 1 is 1.18 bits per heavy atom. The van der Waals surface area contributed by atoms with Gasteiger partial charge >= 0.3 is 5.97 Å². The summed E-state index contributed by atoms with van der Waals surface area (Å²) < 4.78 is 0. The first kappa shape index (κ1) is 19.7. The van der Waals surface area contributed by atoms with Crippen LogP contribution >= 0.6 is 0 Å². The summed E-state index contributed by atoms with van der Waals surface area (Å²) in [6, 6.07) is 13.8. The van der Waals surface area contributed by atoms with Crippen LogP contribution in [0.15, 0.2) is 42.5 Å². The van der Waals surface area contributed by atoms with Crippen molar-refractivity contribution in [3.8, 4) is 0 Å². The van der Waals surface area contributed by atoms with Crippen LogP contribution in [0.5, 0.6) is 0 Å². The molecular weight excluding hydrogens is 354 g/mol. The van der Waals surface area contributed by atoms with Crippen molar-refractivity contribution >= 4 is 28.9 Å². The van der Waals surface area contributed by atoms with E-state index in [1.165, 1.54) is 11.3 Å². The molecule has 1 unspecified atom stereocenters. The fraction of sp³-hybridized carbons (Fsp3) is 0.364. The highest BCUT2D eigenvalue weighted by Crippen LogP contribution is 2.29. The quantitative estimate of drug-likeness (QED) is 0.825. The Bertz CT molecular complexity index is 881. The number of aryl methyl sites for hydroxylation is 1. The molecule has 2 aromatic rings. The van der Waals surface area contributed by atoms with Crippen molar-refractivity contribution in [2.24, 2.45) is 0 Å². The molecule has 0 aliphatic carbocycles. The minimum atomic E-state index is -0.989. The smallest absolute Gasteiger partial charge is 0.337 e. The summed E-state index contributed by atoms with van der Waals surface area (Å²) in [6.07, 6.45) is 0.350. The van der Waals surface area contributed by atoms with Crippen LogP contribution in [-0.4, -0.2) is 42.7 Å². The van der Waals surface area contributed by atoms with E-state index >= 15 is 0 Å². The van der Waals surface area contributed by atoms with Gasteiger partial charge in [-0.25, -0.2) is 4.79 Å². The molecule has 148 valence electrons. The van der Waals surface area contributed by atoms with Gasteiger partial charge < -0.3 is 20.2 Å². The molecule has 0 aromatic heterocycles. The summed E-state index contributed by atoms with van der Waals surface area (Å²) in [6.45, 7) is 8.29. The van der Waals surface area contributed by atoms with Crippen molar-refractivity contribution in [3.05, 3.63) is 53.6 Å². The summed E-state index contributed by atoms with van der Waals surface area (Å²) >= 11 is 0. The Kier molecular flexibility index (Phi) is 5.87. The SMILES string of the molecule is CCC(=O)Nc1ccc(N2CCN(c3cccc(C)c3)C(C)C2)c(C(=O)O)c1. The Morgan fingerprint density at radius 2 is 1.96 bits per heavy atom. The van der Waals surface area contributed by atoms with Gasteiger partial charge in [0.15, 0.2) is 0 Å². The van der Waals surface area contributed by atoms with Gasteiger partial charge in [-0.2, -0.15) is 0 Å². The van der Waals surface area contributed by atoms with Crippen molar-refractivity contribution in [1.82, 2.24) is 0 Å². The highest BCUT2D eigenvalue weighted by atomic mass is 16.4. The fourth-order valence-corrected chi connectivity index (χ4v) is 3.68. The van der Waals surface area contributed by atoms with E-state index in [-0.39, 0.29) is 17.5 Å². The predicted molar refractivity (Wildman–Crippen MR) is 113 cm³/mol. The number of carboxylic acids is 1. The lowest BCUT2D eigenvalue weighted by Crippen LogP contribution is -2.52. The van der Waals surface area contributed by atoms with E-state index in [1.807, 2.05) is 0 Å². The Labute approximate surface area is 165 Å². The highest BCUT2D eigenvalue weighted by Gasteiger charge is 2.26. The molecule has 3 rings (SSSR count). The summed E-state index contributed by atoms with van der Waals surface area (Å²) in [5.41, 5.74) is 3.84. The van der Waals surface area contributed by atoms with E-state index in [9.17, 15) is 14.7 Å². The van der Waals surface area contributed by atoms with Crippen molar-refractivity contribution in [3.63, 3.8) is 0 Å². The zero-order chi connectivity index (χ0) is 20.3. The first-order chi connectivity index (χ1) is 13.4. The molecule has 1 aliphatic rings. The molecule has 0 saturated carbocycles. The number of anilines is 3. The largest absolute Gasteiger partial charge is 0.478 e. The molecule has 1 fully saturated rings. The maximum Gasteiger partial charge on any atom is 0.337 e. The summed E-state index contributed by atoms with van der Waals surface area (Å²) in [5.74, 6) is -1.12. The van der Waals surface area contributed by atoms with Crippen molar-refractivity contribution in [1.29, 1.82) is 0 Å². The molecule has 0 spiro atoms. The molecule has 1 aliphatic heterocycles. The topological polar surface area (TPSA) is 72.9 Å². The summed E-state index contributed by atoms with van der Waals surface area (Å²) in [5, 5.41) is 12.4. The molecule has 1 amide bonds. The molecule has 0 radical (unpaired) electrons. The molecule has 6 heteroatoms. The normalized spacial score (nSPS) is 16.8.